The fourth-order valence-electron chi connectivity index (χ4n) is 3.66. The standard InChI is InChI=1S/C19H26BrN3O3/c20-14-7-9-15(10-8-14)22-19(25)23-17(13-4-1-2-5-13)18(24)21-12-16-6-3-11-26-16/h7-10,13,16-17H,1-6,11-12H2,(H,21,24)(H2,22,23,25). The number of urea groups is 1. The molecule has 1 aromatic rings. The van der Waals surface area contributed by atoms with E-state index in [2.05, 4.69) is 31.9 Å². The molecule has 3 rings (SSSR count). The van der Waals surface area contributed by atoms with Gasteiger partial charge in [0.1, 0.15) is 6.04 Å². The molecule has 1 aromatic carbocycles. The second kappa shape index (κ2) is 9.37. The van der Waals surface area contributed by atoms with Crippen LogP contribution in [0.15, 0.2) is 28.7 Å². The topological polar surface area (TPSA) is 79.5 Å². The molecular formula is C19H26BrN3O3. The number of benzene rings is 1. The first-order valence-electron chi connectivity index (χ1n) is 9.34. The van der Waals surface area contributed by atoms with E-state index in [1.807, 2.05) is 24.3 Å². The van der Waals surface area contributed by atoms with Gasteiger partial charge in [0.15, 0.2) is 0 Å². The lowest BCUT2D eigenvalue weighted by molar-refractivity contribution is -0.124. The highest BCUT2D eigenvalue weighted by Gasteiger charge is 2.32. The van der Waals surface area contributed by atoms with E-state index in [1.54, 1.807) is 0 Å². The maximum Gasteiger partial charge on any atom is 0.319 e. The fraction of sp³-hybridized carbons (Fsp3) is 0.579. The third-order valence-corrected chi connectivity index (χ3v) is 5.60. The Balaban J connectivity index is 1.56. The molecule has 6 nitrogen and oxygen atoms in total. The van der Waals surface area contributed by atoms with Crippen molar-refractivity contribution in [3.05, 3.63) is 28.7 Å². The van der Waals surface area contributed by atoms with E-state index >= 15 is 0 Å². The molecule has 7 heteroatoms. The lowest BCUT2D eigenvalue weighted by Gasteiger charge is -2.24. The summed E-state index contributed by atoms with van der Waals surface area (Å²) in [4.78, 5) is 25.1. The molecular weight excluding hydrogens is 398 g/mol. The van der Waals surface area contributed by atoms with Crippen molar-refractivity contribution in [2.45, 2.75) is 50.7 Å². The van der Waals surface area contributed by atoms with Crippen LogP contribution >= 0.6 is 15.9 Å². The van der Waals surface area contributed by atoms with Crippen LogP contribution in [0, 0.1) is 5.92 Å². The summed E-state index contributed by atoms with van der Waals surface area (Å²) in [5.74, 6) is 0.0773. The molecule has 2 aliphatic rings. The zero-order valence-corrected chi connectivity index (χ0v) is 16.4. The summed E-state index contributed by atoms with van der Waals surface area (Å²) in [6.07, 6.45) is 6.27. The van der Waals surface area contributed by atoms with Gasteiger partial charge in [-0.1, -0.05) is 28.8 Å². The van der Waals surface area contributed by atoms with Gasteiger partial charge in [-0.2, -0.15) is 0 Å². The van der Waals surface area contributed by atoms with Crippen LogP contribution in [0.3, 0.4) is 0 Å². The minimum absolute atomic E-state index is 0.0970. The highest BCUT2D eigenvalue weighted by atomic mass is 79.9. The highest BCUT2D eigenvalue weighted by Crippen LogP contribution is 2.28. The van der Waals surface area contributed by atoms with Crippen LogP contribution in [0.1, 0.15) is 38.5 Å². The number of carbonyl (C=O) groups is 2. The quantitative estimate of drug-likeness (QED) is 0.655. The molecule has 2 fully saturated rings. The monoisotopic (exact) mass is 423 g/mol. The predicted molar refractivity (Wildman–Crippen MR) is 104 cm³/mol. The summed E-state index contributed by atoms with van der Waals surface area (Å²) in [5, 5.41) is 8.65. The molecule has 0 radical (unpaired) electrons. The Morgan fingerprint density at radius 1 is 1.12 bits per heavy atom. The number of rotatable bonds is 6. The molecule has 3 N–H and O–H groups in total. The van der Waals surface area contributed by atoms with Crippen LogP contribution in [0.2, 0.25) is 0 Å². The van der Waals surface area contributed by atoms with Crippen LogP contribution in [0.4, 0.5) is 10.5 Å². The second-order valence-corrected chi connectivity index (χ2v) is 7.92. The summed E-state index contributed by atoms with van der Waals surface area (Å²) in [5.41, 5.74) is 0.690. The van der Waals surface area contributed by atoms with E-state index in [1.165, 1.54) is 0 Å². The van der Waals surface area contributed by atoms with E-state index in [0.29, 0.717) is 12.2 Å². The molecule has 1 aliphatic carbocycles. The average molecular weight is 424 g/mol. The Morgan fingerprint density at radius 2 is 1.85 bits per heavy atom. The van der Waals surface area contributed by atoms with Crippen LogP contribution in [0.5, 0.6) is 0 Å². The zero-order valence-electron chi connectivity index (χ0n) is 14.8. The second-order valence-electron chi connectivity index (χ2n) is 7.01. The van der Waals surface area contributed by atoms with Crippen molar-refractivity contribution in [3.63, 3.8) is 0 Å². The minimum atomic E-state index is -0.505. The van der Waals surface area contributed by atoms with Crippen LogP contribution in [0.25, 0.3) is 0 Å². The Bertz CT molecular complexity index is 611. The summed E-state index contributed by atoms with van der Waals surface area (Å²) in [6, 6.07) is 6.49. The number of amides is 3. The molecule has 0 aromatic heterocycles. The number of hydrogen-bond acceptors (Lipinski definition) is 3. The summed E-state index contributed by atoms with van der Waals surface area (Å²) in [6.45, 7) is 1.28. The lowest BCUT2D eigenvalue weighted by atomic mass is 9.97. The molecule has 1 saturated heterocycles. The molecule has 1 saturated carbocycles. The van der Waals surface area contributed by atoms with Gasteiger partial charge in [-0.25, -0.2) is 4.79 Å². The SMILES string of the molecule is O=C(Nc1ccc(Br)cc1)NC(C(=O)NCC1CCCO1)C1CCCC1. The third-order valence-electron chi connectivity index (χ3n) is 5.07. The Kier molecular flexibility index (Phi) is 6.91. The van der Waals surface area contributed by atoms with Crippen LogP contribution in [-0.4, -0.2) is 37.2 Å². The first-order valence-corrected chi connectivity index (χ1v) is 10.1. The van der Waals surface area contributed by atoms with E-state index in [-0.39, 0.29) is 24.0 Å². The summed E-state index contributed by atoms with van der Waals surface area (Å²) in [7, 11) is 0. The van der Waals surface area contributed by atoms with Gasteiger partial charge >= 0.3 is 6.03 Å². The largest absolute Gasteiger partial charge is 0.376 e. The normalized spacial score (nSPS) is 21.3. The number of anilines is 1. The fourth-order valence-corrected chi connectivity index (χ4v) is 3.92. The van der Waals surface area contributed by atoms with E-state index < -0.39 is 6.04 Å². The molecule has 2 atom stereocenters. The minimum Gasteiger partial charge on any atom is -0.376 e. The molecule has 142 valence electrons. The Labute approximate surface area is 162 Å². The highest BCUT2D eigenvalue weighted by molar-refractivity contribution is 9.10. The van der Waals surface area contributed by atoms with Crippen molar-refractivity contribution in [1.29, 1.82) is 0 Å². The third kappa shape index (κ3) is 5.45. The van der Waals surface area contributed by atoms with Crippen molar-refractivity contribution in [2.75, 3.05) is 18.5 Å². The van der Waals surface area contributed by atoms with Gasteiger partial charge in [-0.05, 0) is 55.9 Å². The van der Waals surface area contributed by atoms with Crippen LogP contribution in [-0.2, 0) is 9.53 Å². The van der Waals surface area contributed by atoms with Gasteiger partial charge in [0, 0.05) is 23.3 Å². The van der Waals surface area contributed by atoms with E-state index in [0.717, 1.165) is 49.6 Å². The zero-order chi connectivity index (χ0) is 18.4. The van der Waals surface area contributed by atoms with Crippen molar-refractivity contribution in [3.8, 4) is 0 Å². The number of nitrogens with one attached hydrogen (secondary N) is 3. The maximum absolute atomic E-state index is 12.7. The van der Waals surface area contributed by atoms with Crippen molar-refractivity contribution in [2.24, 2.45) is 5.92 Å². The average Bonchev–Trinajstić information content (AvgIpc) is 3.33. The molecule has 0 bridgehead atoms. The predicted octanol–water partition coefficient (Wildman–Crippen LogP) is 3.42. The molecule has 1 heterocycles. The van der Waals surface area contributed by atoms with Gasteiger partial charge in [0.05, 0.1) is 6.10 Å². The number of halogens is 1. The number of ether oxygens (including phenoxy) is 1. The number of hydrogen-bond donors (Lipinski definition) is 3. The van der Waals surface area contributed by atoms with Gasteiger partial charge in [0.2, 0.25) is 5.91 Å². The number of carbonyl (C=O) groups excluding carboxylic acids is 2. The van der Waals surface area contributed by atoms with Crippen molar-refractivity contribution >= 4 is 33.6 Å². The van der Waals surface area contributed by atoms with Gasteiger partial charge in [-0.15, -0.1) is 0 Å². The molecule has 1 aliphatic heterocycles. The summed E-state index contributed by atoms with van der Waals surface area (Å²) >= 11 is 3.37. The van der Waals surface area contributed by atoms with E-state index in [4.69, 9.17) is 4.74 Å². The van der Waals surface area contributed by atoms with Crippen LogP contribution < -0.4 is 16.0 Å². The lowest BCUT2D eigenvalue weighted by Crippen LogP contribution is -2.52. The van der Waals surface area contributed by atoms with Gasteiger partial charge in [0.25, 0.3) is 0 Å². The summed E-state index contributed by atoms with van der Waals surface area (Å²) < 4.78 is 6.51. The van der Waals surface area contributed by atoms with E-state index in [9.17, 15) is 9.59 Å². The Hall–Kier alpha value is -1.60. The Morgan fingerprint density at radius 3 is 2.50 bits per heavy atom. The molecule has 2 unspecified atom stereocenters. The van der Waals surface area contributed by atoms with Crippen molar-refractivity contribution in [1.82, 2.24) is 10.6 Å². The van der Waals surface area contributed by atoms with Crippen molar-refractivity contribution < 1.29 is 14.3 Å². The maximum atomic E-state index is 12.7. The van der Waals surface area contributed by atoms with Gasteiger partial charge < -0.3 is 20.7 Å². The molecule has 26 heavy (non-hydrogen) atoms. The smallest absolute Gasteiger partial charge is 0.319 e. The first-order chi connectivity index (χ1) is 12.6. The molecule has 0 spiro atoms. The first kappa shape index (κ1) is 19.2. The molecule has 3 amide bonds. The van der Waals surface area contributed by atoms with Gasteiger partial charge in [-0.3, -0.25) is 4.79 Å².